The lowest BCUT2D eigenvalue weighted by atomic mass is 9.89. The van der Waals surface area contributed by atoms with E-state index in [2.05, 4.69) is 22.2 Å². The zero-order chi connectivity index (χ0) is 18.1. The second-order valence-electron chi connectivity index (χ2n) is 7.59. The molecule has 1 atom stereocenters. The van der Waals surface area contributed by atoms with Crippen LogP contribution in [0.2, 0.25) is 0 Å². The molecule has 2 aromatic rings. The lowest BCUT2D eigenvalue weighted by Gasteiger charge is -2.17. The summed E-state index contributed by atoms with van der Waals surface area (Å²) in [5.41, 5.74) is 1.19. The monoisotopic (exact) mass is 391 g/mol. The predicted octanol–water partition coefficient (Wildman–Crippen LogP) is 3.40. The Labute approximate surface area is 161 Å². The van der Waals surface area contributed by atoms with Gasteiger partial charge in [0.05, 0.1) is 16.9 Å². The number of hydrogen-bond acceptors (Lipinski definition) is 5. The van der Waals surface area contributed by atoms with Gasteiger partial charge >= 0.3 is 0 Å². The maximum Gasteiger partial charge on any atom is 0.259 e. The summed E-state index contributed by atoms with van der Waals surface area (Å²) >= 11 is 3.18. The molecule has 2 N–H and O–H groups in total. The molecule has 1 saturated carbocycles. The molecule has 4 rings (SSSR count). The summed E-state index contributed by atoms with van der Waals surface area (Å²) in [5.74, 6) is 2.42. The van der Waals surface area contributed by atoms with Crippen LogP contribution in [0.15, 0.2) is 4.79 Å². The van der Waals surface area contributed by atoms with E-state index in [0.29, 0.717) is 29.3 Å². The number of aryl methyl sites for hydroxylation is 1. The first-order valence-electron chi connectivity index (χ1n) is 9.50. The number of nitrogens with one attached hydrogen (secondary N) is 2. The molecule has 2 heterocycles. The highest BCUT2D eigenvalue weighted by Crippen LogP contribution is 2.35. The highest BCUT2D eigenvalue weighted by Gasteiger charge is 2.23. The predicted molar refractivity (Wildman–Crippen MR) is 108 cm³/mol. The van der Waals surface area contributed by atoms with Crippen molar-refractivity contribution < 1.29 is 4.79 Å². The molecular formula is C19H25N3O2S2. The number of rotatable bonds is 5. The normalized spacial score (nSPS) is 20.4. The van der Waals surface area contributed by atoms with Crippen LogP contribution in [-0.4, -0.2) is 27.7 Å². The minimum absolute atomic E-state index is 0.0203. The molecule has 1 fully saturated rings. The van der Waals surface area contributed by atoms with Gasteiger partial charge in [0.2, 0.25) is 5.91 Å². The Bertz CT molecular complexity index is 868. The fourth-order valence-corrected chi connectivity index (χ4v) is 6.14. The molecule has 0 radical (unpaired) electrons. The van der Waals surface area contributed by atoms with Crippen LogP contribution in [0.1, 0.15) is 55.3 Å². The number of thiophene rings is 1. The molecule has 0 spiro atoms. The number of aromatic nitrogens is 2. The van der Waals surface area contributed by atoms with Gasteiger partial charge in [-0.3, -0.25) is 9.59 Å². The van der Waals surface area contributed by atoms with Gasteiger partial charge in [-0.2, -0.15) is 0 Å². The summed E-state index contributed by atoms with van der Waals surface area (Å²) in [6, 6.07) is 0.359. The summed E-state index contributed by atoms with van der Waals surface area (Å²) in [4.78, 5) is 34.4. The molecule has 0 unspecified atom stereocenters. The summed E-state index contributed by atoms with van der Waals surface area (Å²) < 4.78 is 0. The first kappa shape index (κ1) is 18.0. The van der Waals surface area contributed by atoms with Crippen molar-refractivity contribution in [2.75, 3.05) is 5.75 Å². The average molecular weight is 392 g/mol. The van der Waals surface area contributed by atoms with Crippen molar-refractivity contribution in [3.05, 3.63) is 26.6 Å². The van der Waals surface area contributed by atoms with E-state index in [-0.39, 0.29) is 11.5 Å². The minimum Gasteiger partial charge on any atom is -0.353 e. The molecule has 140 valence electrons. The summed E-state index contributed by atoms with van der Waals surface area (Å²) in [7, 11) is 0. The first-order valence-corrected chi connectivity index (χ1v) is 11.5. The topological polar surface area (TPSA) is 74.8 Å². The molecule has 1 amide bonds. The summed E-state index contributed by atoms with van der Waals surface area (Å²) in [6.07, 6.45) is 7.82. The number of hydrogen-bond donors (Lipinski definition) is 2. The number of H-pyrrole nitrogens is 1. The van der Waals surface area contributed by atoms with E-state index in [1.165, 1.54) is 35.0 Å². The van der Waals surface area contributed by atoms with Gasteiger partial charge in [-0.1, -0.05) is 19.8 Å². The van der Waals surface area contributed by atoms with Gasteiger partial charge in [0.1, 0.15) is 10.7 Å². The molecule has 5 nitrogen and oxygen atoms in total. The Morgan fingerprint density at radius 2 is 2.15 bits per heavy atom. The van der Waals surface area contributed by atoms with Gasteiger partial charge in [0.25, 0.3) is 5.56 Å². The lowest BCUT2D eigenvalue weighted by Crippen LogP contribution is -2.33. The number of carbonyl (C=O) groups excluding carboxylic acids is 1. The SMILES string of the molecule is C[C@H]1CCc2c(sc3nc(CSCC(=O)NC4CCCC4)[nH]c(=O)c23)C1. The molecule has 2 aliphatic carbocycles. The molecule has 26 heavy (non-hydrogen) atoms. The summed E-state index contributed by atoms with van der Waals surface area (Å²) in [5, 5.41) is 3.89. The zero-order valence-electron chi connectivity index (χ0n) is 15.1. The third-order valence-electron chi connectivity index (χ3n) is 5.41. The van der Waals surface area contributed by atoms with Gasteiger partial charge in [-0.05, 0) is 43.6 Å². The van der Waals surface area contributed by atoms with Crippen LogP contribution in [0, 0.1) is 5.92 Å². The van der Waals surface area contributed by atoms with E-state index in [9.17, 15) is 9.59 Å². The Morgan fingerprint density at radius 1 is 1.35 bits per heavy atom. The number of carbonyl (C=O) groups is 1. The molecule has 0 aromatic carbocycles. The average Bonchev–Trinajstić information content (AvgIpc) is 3.21. The van der Waals surface area contributed by atoms with E-state index in [0.717, 1.165) is 42.3 Å². The van der Waals surface area contributed by atoms with Crippen molar-refractivity contribution in [3.63, 3.8) is 0 Å². The van der Waals surface area contributed by atoms with Crippen LogP contribution in [-0.2, 0) is 23.4 Å². The molecular weight excluding hydrogens is 366 g/mol. The van der Waals surface area contributed by atoms with Crippen LogP contribution in [0.3, 0.4) is 0 Å². The van der Waals surface area contributed by atoms with Gasteiger partial charge in [-0.25, -0.2) is 4.98 Å². The van der Waals surface area contributed by atoms with E-state index < -0.39 is 0 Å². The van der Waals surface area contributed by atoms with Crippen LogP contribution in [0.4, 0.5) is 0 Å². The van der Waals surface area contributed by atoms with Gasteiger partial charge in [0, 0.05) is 10.9 Å². The second kappa shape index (κ2) is 7.72. The van der Waals surface area contributed by atoms with Crippen molar-refractivity contribution in [2.24, 2.45) is 5.92 Å². The molecule has 2 aromatic heterocycles. The zero-order valence-corrected chi connectivity index (χ0v) is 16.7. The Morgan fingerprint density at radius 3 is 2.96 bits per heavy atom. The van der Waals surface area contributed by atoms with Crippen LogP contribution in [0.25, 0.3) is 10.2 Å². The van der Waals surface area contributed by atoms with Crippen LogP contribution < -0.4 is 10.9 Å². The molecule has 0 bridgehead atoms. The third-order valence-corrected chi connectivity index (χ3v) is 7.50. The maximum absolute atomic E-state index is 12.6. The largest absolute Gasteiger partial charge is 0.353 e. The highest BCUT2D eigenvalue weighted by molar-refractivity contribution is 7.99. The van der Waals surface area contributed by atoms with E-state index in [4.69, 9.17) is 0 Å². The van der Waals surface area contributed by atoms with Gasteiger partial charge in [0.15, 0.2) is 0 Å². The highest BCUT2D eigenvalue weighted by atomic mass is 32.2. The second-order valence-corrected chi connectivity index (χ2v) is 9.66. The van der Waals surface area contributed by atoms with Crippen molar-refractivity contribution in [1.29, 1.82) is 0 Å². The number of aromatic amines is 1. The van der Waals surface area contributed by atoms with Gasteiger partial charge < -0.3 is 10.3 Å². The van der Waals surface area contributed by atoms with Crippen molar-refractivity contribution in [1.82, 2.24) is 15.3 Å². The van der Waals surface area contributed by atoms with Crippen molar-refractivity contribution in [2.45, 2.75) is 63.7 Å². The standard InChI is InChI=1S/C19H25N3O2S2/c1-11-6-7-13-14(8-11)26-19-17(13)18(24)21-15(22-19)9-25-10-16(23)20-12-4-2-3-5-12/h11-12H,2-10H2,1H3,(H,20,23)(H,21,22,24)/t11-/m0/s1. The van der Waals surface area contributed by atoms with Crippen LogP contribution >= 0.6 is 23.1 Å². The molecule has 7 heteroatoms. The Kier molecular flexibility index (Phi) is 5.36. The fraction of sp³-hybridized carbons (Fsp3) is 0.632. The molecule has 0 aliphatic heterocycles. The molecule has 0 saturated heterocycles. The van der Waals surface area contributed by atoms with Crippen molar-refractivity contribution >= 4 is 39.2 Å². The smallest absolute Gasteiger partial charge is 0.259 e. The van der Waals surface area contributed by atoms with Gasteiger partial charge in [-0.15, -0.1) is 23.1 Å². The fourth-order valence-electron chi connectivity index (χ4n) is 4.04. The lowest BCUT2D eigenvalue weighted by molar-refractivity contribution is -0.119. The maximum atomic E-state index is 12.6. The van der Waals surface area contributed by atoms with E-state index in [1.54, 1.807) is 11.3 Å². The van der Waals surface area contributed by atoms with E-state index >= 15 is 0 Å². The Balaban J connectivity index is 1.41. The summed E-state index contributed by atoms with van der Waals surface area (Å²) in [6.45, 7) is 2.27. The quantitative estimate of drug-likeness (QED) is 0.819. The first-order chi connectivity index (χ1) is 12.6. The number of fused-ring (bicyclic) bond motifs is 3. The number of amides is 1. The third kappa shape index (κ3) is 3.83. The van der Waals surface area contributed by atoms with E-state index in [1.807, 2.05) is 0 Å². The number of nitrogens with zero attached hydrogens (tertiary/aromatic N) is 1. The Hall–Kier alpha value is -1.34. The van der Waals surface area contributed by atoms with Crippen molar-refractivity contribution in [3.8, 4) is 0 Å². The minimum atomic E-state index is -0.0203. The number of thioether (sulfide) groups is 1. The molecule has 2 aliphatic rings. The van der Waals surface area contributed by atoms with Crippen LogP contribution in [0.5, 0.6) is 0 Å².